The van der Waals surface area contributed by atoms with Crippen molar-refractivity contribution in [1.82, 2.24) is 20.2 Å². The minimum Gasteiger partial charge on any atom is -0.371 e. The highest BCUT2D eigenvalue weighted by molar-refractivity contribution is 5.81. The number of hydrogen-bond acceptors (Lipinski definition) is 5. The summed E-state index contributed by atoms with van der Waals surface area (Å²) < 4.78 is 0. The van der Waals surface area contributed by atoms with Crippen molar-refractivity contribution < 1.29 is 4.79 Å². The Hall–Kier alpha value is -2.24. The highest BCUT2D eigenvalue weighted by Crippen LogP contribution is 2.22. The van der Waals surface area contributed by atoms with Gasteiger partial charge in [-0.25, -0.2) is 0 Å². The van der Waals surface area contributed by atoms with Gasteiger partial charge in [-0.3, -0.25) is 4.79 Å². The van der Waals surface area contributed by atoms with E-state index in [4.69, 9.17) is 0 Å². The summed E-state index contributed by atoms with van der Waals surface area (Å²) in [4.78, 5) is 14.9. The third-order valence-electron chi connectivity index (χ3n) is 3.32. The minimum absolute atomic E-state index is 0.358. The van der Waals surface area contributed by atoms with Gasteiger partial charge in [-0.15, -0.1) is 10.2 Å². The Morgan fingerprint density at radius 1 is 1.05 bits per heavy atom. The summed E-state index contributed by atoms with van der Waals surface area (Å²) in [7, 11) is 1.75. The maximum atomic E-state index is 11.2. The Kier molecular flexibility index (Phi) is 5.03. The van der Waals surface area contributed by atoms with Crippen LogP contribution in [0.2, 0.25) is 0 Å². The van der Waals surface area contributed by atoms with Crippen molar-refractivity contribution in [2.75, 3.05) is 18.0 Å². The van der Waals surface area contributed by atoms with Crippen LogP contribution in [0.3, 0.4) is 0 Å². The lowest BCUT2D eigenvalue weighted by Gasteiger charge is -2.28. The molecular weight excluding hydrogens is 266 g/mol. The molecule has 1 fully saturated rings. The molecule has 0 aliphatic carbocycles. The zero-order valence-electron chi connectivity index (χ0n) is 12.8. The van der Waals surface area contributed by atoms with Crippen LogP contribution in [-0.2, 0) is 11.8 Å². The number of rotatable bonds is 2. The van der Waals surface area contributed by atoms with Crippen molar-refractivity contribution in [3.05, 3.63) is 24.3 Å². The summed E-state index contributed by atoms with van der Waals surface area (Å²) in [6.45, 7) is 5.61. The second kappa shape index (κ2) is 6.97. The molecule has 2 aromatic rings. The van der Waals surface area contributed by atoms with E-state index in [-0.39, 0.29) is 0 Å². The maximum absolute atomic E-state index is 11.2. The molecule has 0 saturated carbocycles. The van der Waals surface area contributed by atoms with Gasteiger partial charge >= 0.3 is 0 Å². The van der Waals surface area contributed by atoms with Crippen LogP contribution in [0.5, 0.6) is 0 Å². The first-order valence-corrected chi connectivity index (χ1v) is 7.33. The number of anilines is 1. The summed E-state index contributed by atoms with van der Waals surface area (Å²) in [6, 6.07) is 8.06. The van der Waals surface area contributed by atoms with Crippen LogP contribution in [-0.4, -0.2) is 39.1 Å². The fourth-order valence-corrected chi connectivity index (χ4v) is 2.24. The lowest BCUT2D eigenvalue weighted by molar-refractivity contribution is -0.119. The van der Waals surface area contributed by atoms with E-state index < -0.39 is 0 Å². The Labute approximate surface area is 124 Å². The molecular formula is C15H21N5O. The Morgan fingerprint density at radius 3 is 2.19 bits per heavy atom. The van der Waals surface area contributed by atoms with Gasteiger partial charge in [-0.05, 0) is 29.5 Å². The van der Waals surface area contributed by atoms with Crippen LogP contribution in [0.1, 0.15) is 26.7 Å². The van der Waals surface area contributed by atoms with Gasteiger partial charge in [-0.2, -0.15) is 4.80 Å². The predicted octanol–water partition coefficient (Wildman–Crippen LogP) is 2.07. The molecule has 1 aromatic heterocycles. The number of nitrogens with zero attached hydrogens (tertiary/aromatic N) is 5. The van der Waals surface area contributed by atoms with Gasteiger partial charge in [0.1, 0.15) is 5.78 Å². The van der Waals surface area contributed by atoms with Gasteiger partial charge in [-0.1, -0.05) is 13.8 Å². The lowest BCUT2D eigenvalue weighted by Crippen LogP contribution is -2.33. The van der Waals surface area contributed by atoms with Crippen LogP contribution in [0.25, 0.3) is 11.4 Å². The van der Waals surface area contributed by atoms with Crippen LogP contribution in [0, 0.1) is 0 Å². The fourth-order valence-electron chi connectivity index (χ4n) is 2.24. The van der Waals surface area contributed by atoms with Gasteiger partial charge in [0.05, 0.1) is 7.05 Å². The smallest absolute Gasteiger partial charge is 0.204 e. The molecule has 21 heavy (non-hydrogen) atoms. The molecule has 112 valence electrons. The first-order chi connectivity index (χ1) is 10.2. The first kappa shape index (κ1) is 15.2. The summed E-state index contributed by atoms with van der Waals surface area (Å²) in [6.07, 6.45) is 1.29. The number of tetrazole rings is 1. The van der Waals surface area contributed by atoms with Crippen molar-refractivity contribution in [3.8, 4) is 11.4 Å². The minimum atomic E-state index is 0.358. The van der Waals surface area contributed by atoms with E-state index in [1.807, 2.05) is 38.1 Å². The predicted molar refractivity (Wildman–Crippen MR) is 82.0 cm³/mol. The topological polar surface area (TPSA) is 63.9 Å². The number of Topliss-reactive ketones (excluding diaryl/α,β-unsaturated/α-hetero) is 1. The second-order valence-corrected chi connectivity index (χ2v) is 4.68. The van der Waals surface area contributed by atoms with E-state index in [1.165, 1.54) is 4.80 Å². The number of ketones is 1. The van der Waals surface area contributed by atoms with Gasteiger partial charge in [0.25, 0.3) is 0 Å². The number of hydrogen-bond donors (Lipinski definition) is 0. The number of benzene rings is 1. The van der Waals surface area contributed by atoms with E-state index in [0.29, 0.717) is 24.4 Å². The second-order valence-electron chi connectivity index (χ2n) is 4.68. The van der Waals surface area contributed by atoms with E-state index in [9.17, 15) is 4.79 Å². The summed E-state index contributed by atoms with van der Waals surface area (Å²) in [5.41, 5.74) is 2.09. The van der Waals surface area contributed by atoms with Gasteiger partial charge < -0.3 is 4.90 Å². The SMILES string of the molecule is CC.Cn1nnc(-c2ccc(N3CCC(=O)CC3)cc2)n1. The molecule has 6 heteroatoms. The van der Waals surface area contributed by atoms with E-state index in [1.54, 1.807) is 7.05 Å². The largest absolute Gasteiger partial charge is 0.371 e. The Bertz CT molecular complexity index is 580. The molecule has 0 unspecified atom stereocenters. The highest BCUT2D eigenvalue weighted by atomic mass is 16.1. The Balaban J connectivity index is 0.000000774. The summed E-state index contributed by atoms with van der Waals surface area (Å²) in [5, 5.41) is 12.0. The molecule has 1 aliphatic heterocycles. The zero-order valence-corrected chi connectivity index (χ0v) is 12.8. The first-order valence-electron chi connectivity index (χ1n) is 7.33. The molecule has 0 radical (unpaired) electrons. The van der Waals surface area contributed by atoms with Crippen molar-refractivity contribution in [1.29, 1.82) is 0 Å². The fraction of sp³-hybridized carbons (Fsp3) is 0.467. The molecule has 2 heterocycles. The molecule has 1 aromatic carbocycles. The lowest BCUT2D eigenvalue weighted by atomic mass is 10.1. The third-order valence-corrected chi connectivity index (χ3v) is 3.32. The Morgan fingerprint density at radius 2 is 1.67 bits per heavy atom. The molecule has 1 aliphatic rings. The average Bonchev–Trinajstić information content (AvgIpc) is 2.97. The van der Waals surface area contributed by atoms with Crippen LogP contribution >= 0.6 is 0 Å². The molecule has 0 N–H and O–H groups in total. The third kappa shape index (κ3) is 3.65. The highest BCUT2D eigenvalue weighted by Gasteiger charge is 2.16. The molecule has 0 spiro atoms. The van der Waals surface area contributed by atoms with E-state index in [0.717, 1.165) is 24.3 Å². The van der Waals surface area contributed by atoms with E-state index >= 15 is 0 Å². The van der Waals surface area contributed by atoms with E-state index in [2.05, 4.69) is 20.3 Å². The van der Waals surface area contributed by atoms with Crippen molar-refractivity contribution in [3.63, 3.8) is 0 Å². The molecule has 0 amide bonds. The normalized spacial score (nSPS) is 14.6. The molecule has 1 saturated heterocycles. The van der Waals surface area contributed by atoms with Gasteiger partial charge in [0, 0.05) is 37.2 Å². The van der Waals surface area contributed by atoms with Crippen molar-refractivity contribution in [2.45, 2.75) is 26.7 Å². The quantitative estimate of drug-likeness (QED) is 0.846. The monoisotopic (exact) mass is 287 g/mol. The van der Waals surface area contributed by atoms with Gasteiger partial charge in [0.2, 0.25) is 5.82 Å². The maximum Gasteiger partial charge on any atom is 0.204 e. The molecule has 0 bridgehead atoms. The zero-order chi connectivity index (χ0) is 15.2. The van der Waals surface area contributed by atoms with Crippen LogP contribution < -0.4 is 4.90 Å². The van der Waals surface area contributed by atoms with Crippen molar-refractivity contribution in [2.24, 2.45) is 7.05 Å². The van der Waals surface area contributed by atoms with Crippen LogP contribution in [0.15, 0.2) is 24.3 Å². The summed E-state index contributed by atoms with van der Waals surface area (Å²) >= 11 is 0. The number of aryl methyl sites for hydroxylation is 1. The number of carbonyl (C=O) groups excluding carboxylic acids is 1. The number of piperidine rings is 1. The molecule has 6 nitrogen and oxygen atoms in total. The van der Waals surface area contributed by atoms with Gasteiger partial charge in [0.15, 0.2) is 0 Å². The van der Waals surface area contributed by atoms with Crippen molar-refractivity contribution >= 4 is 11.5 Å². The number of aromatic nitrogens is 4. The molecule has 0 atom stereocenters. The number of carbonyl (C=O) groups is 1. The average molecular weight is 287 g/mol. The molecule has 3 rings (SSSR count). The van der Waals surface area contributed by atoms with Crippen LogP contribution in [0.4, 0.5) is 5.69 Å². The standard InChI is InChI=1S/C13H15N5O.C2H6/c1-17-15-13(14-16-17)10-2-4-11(5-3-10)18-8-6-12(19)7-9-18;1-2/h2-5H,6-9H2,1H3;1-2H3. The summed E-state index contributed by atoms with van der Waals surface area (Å²) in [5.74, 6) is 0.986.